The number of aliphatic carboxylic acids is 1. The van der Waals surface area contributed by atoms with Crippen molar-refractivity contribution in [2.45, 2.75) is 20.3 Å². The monoisotopic (exact) mass is 165 g/mol. The minimum Gasteiger partial charge on any atom is -0.481 e. The molecule has 1 unspecified atom stereocenters. The largest absolute Gasteiger partial charge is 0.481 e. The lowest BCUT2D eigenvalue weighted by Gasteiger charge is -2.08. The first-order valence-electron chi connectivity index (χ1n) is 3.77. The third kappa shape index (κ3) is 1.00. The maximum atomic E-state index is 10.8. The van der Waals surface area contributed by atoms with Gasteiger partial charge in [-0.3, -0.25) is 4.79 Å². The molecule has 1 aliphatic carbocycles. The van der Waals surface area contributed by atoms with Crippen molar-refractivity contribution in [3.8, 4) is 6.07 Å². The Kier molecular flexibility index (Phi) is 1.72. The molecule has 0 saturated heterocycles. The molecule has 0 spiro atoms. The number of allylic oxidation sites excluding steroid dienone is 1. The Morgan fingerprint density at radius 1 is 1.67 bits per heavy atom. The molecule has 1 fully saturated rings. The predicted octanol–water partition coefficient (Wildman–Crippen LogP) is 1.57. The minimum atomic E-state index is -0.834. The van der Waals surface area contributed by atoms with E-state index >= 15 is 0 Å². The molecule has 1 saturated carbocycles. The van der Waals surface area contributed by atoms with Crippen LogP contribution in [0.4, 0.5) is 0 Å². The van der Waals surface area contributed by atoms with E-state index in [4.69, 9.17) is 10.4 Å². The van der Waals surface area contributed by atoms with Crippen LogP contribution in [-0.4, -0.2) is 11.1 Å². The van der Waals surface area contributed by atoms with Crippen LogP contribution in [0.25, 0.3) is 0 Å². The van der Waals surface area contributed by atoms with Gasteiger partial charge in [-0.25, -0.2) is 0 Å². The number of carbonyl (C=O) groups is 1. The van der Waals surface area contributed by atoms with Crippen molar-refractivity contribution >= 4 is 5.97 Å². The highest BCUT2D eigenvalue weighted by Crippen LogP contribution is 2.64. The lowest BCUT2D eigenvalue weighted by atomic mass is 9.96. The molecular formula is C9H11NO2. The summed E-state index contributed by atoms with van der Waals surface area (Å²) in [5, 5.41) is 17.2. The zero-order valence-corrected chi connectivity index (χ0v) is 7.16. The number of carboxylic acids is 1. The molecule has 0 aliphatic heterocycles. The van der Waals surface area contributed by atoms with Crippen LogP contribution in [0.5, 0.6) is 0 Å². The van der Waals surface area contributed by atoms with Crippen LogP contribution in [0, 0.1) is 22.2 Å². The first-order chi connectivity index (χ1) is 5.46. The van der Waals surface area contributed by atoms with Crippen molar-refractivity contribution < 1.29 is 9.90 Å². The molecule has 0 radical (unpaired) electrons. The van der Waals surface area contributed by atoms with Gasteiger partial charge in [-0.15, -0.1) is 0 Å². The van der Waals surface area contributed by atoms with Gasteiger partial charge in [0.15, 0.2) is 0 Å². The van der Waals surface area contributed by atoms with Gasteiger partial charge in [0.1, 0.15) is 0 Å². The molecular weight excluding hydrogens is 154 g/mol. The fourth-order valence-electron chi connectivity index (χ4n) is 1.55. The highest BCUT2D eigenvalue weighted by Gasteiger charge is 2.65. The van der Waals surface area contributed by atoms with Crippen molar-refractivity contribution in [3.05, 3.63) is 12.2 Å². The molecule has 1 N–H and O–H groups in total. The van der Waals surface area contributed by atoms with Crippen molar-refractivity contribution in [2.75, 3.05) is 0 Å². The molecule has 64 valence electrons. The molecule has 1 aliphatic rings. The molecule has 0 aromatic carbocycles. The van der Waals surface area contributed by atoms with Crippen LogP contribution in [0.2, 0.25) is 0 Å². The summed E-state index contributed by atoms with van der Waals surface area (Å²) in [5.74, 6) is -0.834. The van der Waals surface area contributed by atoms with Gasteiger partial charge in [-0.05, 0) is 11.8 Å². The van der Waals surface area contributed by atoms with Crippen LogP contribution in [0.1, 0.15) is 20.3 Å². The number of carboxylic acid groups (broad SMARTS) is 1. The van der Waals surface area contributed by atoms with Gasteiger partial charge in [0.2, 0.25) is 0 Å². The second kappa shape index (κ2) is 2.34. The van der Waals surface area contributed by atoms with Gasteiger partial charge in [-0.2, -0.15) is 5.26 Å². The lowest BCUT2D eigenvalue weighted by Crippen LogP contribution is -2.17. The Balaban J connectivity index is 2.89. The maximum absolute atomic E-state index is 10.8. The summed E-state index contributed by atoms with van der Waals surface area (Å²) in [6.07, 6.45) is 3.37. The molecule has 0 aromatic rings. The Hall–Kier alpha value is -1.30. The average Bonchev–Trinajstić information content (AvgIpc) is 2.51. The van der Waals surface area contributed by atoms with E-state index in [-0.39, 0.29) is 5.41 Å². The molecule has 0 heterocycles. The van der Waals surface area contributed by atoms with E-state index in [0.29, 0.717) is 6.42 Å². The van der Waals surface area contributed by atoms with Gasteiger partial charge in [0.05, 0.1) is 11.5 Å². The number of hydrogen-bond donors (Lipinski definition) is 1. The van der Waals surface area contributed by atoms with Gasteiger partial charge >= 0.3 is 5.97 Å². The summed E-state index contributed by atoms with van der Waals surface area (Å²) >= 11 is 0. The molecule has 1 atom stereocenters. The van der Waals surface area contributed by atoms with E-state index < -0.39 is 11.4 Å². The van der Waals surface area contributed by atoms with Crippen molar-refractivity contribution in [1.29, 1.82) is 5.26 Å². The van der Waals surface area contributed by atoms with E-state index in [1.807, 2.05) is 19.9 Å². The van der Waals surface area contributed by atoms with E-state index in [1.54, 1.807) is 0 Å². The average molecular weight is 165 g/mol. The summed E-state index contributed by atoms with van der Waals surface area (Å²) in [4.78, 5) is 10.8. The summed E-state index contributed by atoms with van der Waals surface area (Å²) in [6, 6.07) is 1.81. The topological polar surface area (TPSA) is 61.1 Å². The van der Waals surface area contributed by atoms with Gasteiger partial charge in [0, 0.05) is 6.08 Å². The van der Waals surface area contributed by atoms with Crippen molar-refractivity contribution in [2.24, 2.45) is 10.8 Å². The number of nitriles is 1. The number of rotatable bonds is 2. The minimum absolute atomic E-state index is 0.202. The number of hydrogen-bond acceptors (Lipinski definition) is 2. The zero-order valence-electron chi connectivity index (χ0n) is 7.16. The molecule has 3 heteroatoms. The SMILES string of the molecule is CC1(C)CC1(C=CC#N)C(=O)O. The zero-order chi connectivity index (χ0) is 9.41. The Bertz CT molecular complexity index is 285. The predicted molar refractivity (Wildman–Crippen MR) is 43.2 cm³/mol. The Labute approximate surface area is 71.3 Å². The molecule has 1 rings (SSSR count). The lowest BCUT2D eigenvalue weighted by molar-refractivity contribution is -0.142. The normalized spacial score (nSPS) is 31.4. The highest BCUT2D eigenvalue weighted by molar-refractivity contribution is 5.82. The van der Waals surface area contributed by atoms with Crippen LogP contribution in [-0.2, 0) is 4.79 Å². The molecule has 0 amide bonds. The van der Waals surface area contributed by atoms with Gasteiger partial charge in [0.25, 0.3) is 0 Å². The van der Waals surface area contributed by atoms with E-state index in [9.17, 15) is 4.79 Å². The van der Waals surface area contributed by atoms with Gasteiger partial charge < -0.3 is 5.11 Å². The van der Waals surface area contributed by atoms with E-state index in [2.05, 4.69) is 0 Å². The van der Waals surface area contributed by atoms with Gasteiger partial charge in [-0.1, -0.05) is 19.9 Å². The van der Waals surface area contributed by atoms with E-state index in [1.165, 1.54) is 12.2 Å². The number of nitrogens with zero attached hydrogens (tertiary/aromatic N) is 1. The fourth-order valence-corrected chi connectivity index (χ4v) is 1.55. The second-order valence-electron chi connectivity index (χ2n) is 3.80. The van der Waals surface area contributed by atoms with Crippen molar-refractivity contribution in [1.82, 2.24) is 0 Å². The summed E-state index contributed by atoms with van der Waals surface area (Å²) in [6.45, 7) is 3.78. The van der Waals surface area contributed by atoms with Crippen LogP contribution >= 0.6 is 0 Å². The standard InChI is InChI=1S/C9H11NO2/c1-8(2)6-9(8,7(11)12)4-3-5-10/h3-4H,6H2,1-2H3,(H,11,12). The Morgan fingerprint density at radius 2 is 2.17 bits per heavy atom. The van der Waals surface area contributed by atoms with Crippen LogP contribution in [0.15, 0.2) is 12.2 Å². The summed E-state index contributed by atoms with van der Waals surface area (Å²) in [5.41, 5.74) is -0.991. The first kappa shape index (κ1) is 8.79. The van der Waals surface area contributed by atoms with E-state index in [0.717, 1.165) is 0 Å². The molecule has 0 aromatic heterocycles. The fraction of sp³-hybridized carbons (Fsp3) is 0.556. The quantitative estimate of drug-likeness (QED) is 0.631. The first-order valence-corrected chi connectivity index (χ1v) is 3.77. The molecule has 3 nitrogen and oxygen atoms in total. The second-order valence-corrected chi connectivity index (χ2v) is 3.80. The highest BCUT2D eigenvalue weighted by atomic mass is 16.4. The maximum Gasteiger partial charge on any atom is 0.314 e. The smallest absolute Gasteiger partial charge is 0.314 e. The third-order valence-corrected chi connectivity index (χ3v) is 2.63. The van der Waals surface area contributed by atoms with Crippen LogP contribution < -0.4 is 0 Å². The summed E-state index contributed by atoms with van der Waals surface area (Å²) < 4.78 is 0. The molecule has 12 heavy (non-hydrogen) atoms. The van der Waals surface area contributed by atoms with Crippen molar-refractivity contribution in [3.63, 3.8) is 0 Å². The third-order valence-electron chi connectivity index (χ3n) is 2.63. The summed E-state index contributed by atoms with van der Waals surface area (Å²) in [7, 11) is 0. The Morgan fingerprint density at radius 3 is 2.42 bits per heavy atom. The van der Waals surface area contributed by atoms with Crippen LogP contribution in [0.3, 0.4) is 0 Å². The molecule has 0 bridgehead atoms.